The zero-order valence-corrected chi connectivity index (χ0v) is 9.88. The molecule has 1 saturated carbocycles. The summed E-state index contributed by atoms with van der Waals surface area (Å²) in [4.78, 5) is -0.112. The van der Waals surface area contributed by atoms with E-state index in [1.54, 1.807) is 0 Å². The van der Waals surface area contributed by atoms with Gasteiger partial charge in [0.1, 0.15) is 4.84 Å². The van der Waals surface area contributed by atoms with Crippen LogP contribution in [0, 0.1) is 0 Å². The summed E-state index contributed by atoms with van der Waals surface area (Å²) in [6.45, 7) is 0. The first-order chi connectivity index (χ1) is 4.65. The van der Waals surface area contributed by atoms with Crippen LogP contribution < -0.4 is 0 Å². The predicted molar refractivity (Wildman–Crippen MR) is 51.2 cm³/mol. The second-order valence-corrected chi connectivity index (χ2v) is 6.60. The van der Waals surface area contributed by atoms with Crippen molar-refractivity contribution in [2.75, 3.05) is 0 Å². The first-order valence-corrected chi connectivity index (χ1v) is 5.81. The van der Waals surface area contributed by atoms with Gasteiger partial charge in [0.25, 0.3) is 0 Å². The molecule has 1 aliphatic carbocycles. The highest BCUT2D eigenvalue weighted by atomic mass is 35.5. The second-order valence-electron chi connectivity index (χ2n) is 3.52. The van der Waals surface area contributed by atoms with Crippen LogP contribution in [0.3, 0.4) is 0 Å². The Morgan fingerprint density at radius 2 is 1.60 bits per heavy atom. The fourth-order valence-electron chi connectivity index (χ4n) is 1.58. The summed E-state index contributed by atoms with van der Waals surface area (Å²) in [7, 11) is 1.15. The lowest BCUT2D eigenvalue weighted by Gasteiger charge is -2.34. The van der Waals surface area contributed by atoms with Gasteiger partial charge in [-0.25, -0.2) is 0 Å². The summed E-state index contributed by atoms with van der Waals surface area (Å²) in [6, 6.07) is 0. The summed E-state index contributed by atoms with van der Waals surface area (Å²) >= 11 is 11.8. The summed E-state index contributed by atoms with van der Waals surface area (Å²) < 4.78 is 0. The predicted octanol–water partition coefficient (Wildman–Crippen LogP) is 2.28. The van der Waals surface area contributed by atoms with Crippen molar-refractivity contribution >= 4 is 33.4 Å². The largest absolute Gasteiger partial charge is 0.110 e. The zero-order valence-electron chi connectivity index (χ0n) is 6.37. The van der Waals surface area contributed by atoms with Crippen LogP contribution in [-0.2, 0) is 0 Å². The Kier molecular flexibility index (Phi) is 3.08. The average molecular weight is 197 g/mol. The van der Waals surface area contributed by atoms with Crippen LogP contribution in [0.25, 0.3) is 0 Å². The van der Waals surface area contributed by atoms with Crippen LogP contribution >= 0.6 is 23.2 Å². The molecule has 0 spiro atoms. The molecule has 0 saturated heterocycles. The molecule has 60 valence electrons. The minimum absolute atomic E-state index is 0.112. The first-order valence-electron chi connectivity index (χ1n) is 3.93. The minimum Gasteiger partial charge on any atom is -0.105 e. The molecule has 1 rings (SSSR count). The normalized spacial score (nSPS) is 25.5. The molecular weight excluding hydrogens is 183 g/mol. The molecule has 3 heteroatoms. The molecule has 1 aliphatic rings. The van der Waals surface area contributed by atoms with Gasteiger partial charge in [0.05, 0.1) is 0 Å². The van der Waals surface area contributed by atoms with Crippen molar-refractivity contribution < 1.29 is 0 Å². The lowest BCUT2D eigenvalue weighted by Crippen LogP contribution is -2.23. The summed E-state index contributed by atoms with van der Waals surface area (Å²) in [5, 5.41) is 0.349. The van der Waals surface area contributed by atoms with Gasteiger partial charge in [-0.2, -0.15) is 0 Å². The van der Waals surface area contributed by atoms with Crippen LogP contribution in [0.1, 0.15) is 32.1 Å². The second kappa shape index (κ2) is 3.46. The molecule has 1 fully saturated rings. The lowest BCUT2D eigenvalue weighted by atomic mass is 9.89. The average Bonchev–Trinajstić information content (AvgIpc) is 1.89. The number of rotatable bonds is 1. The van der Waals surface area contributed by atoms with Crippen molar-refractivity contribution in [2.24, 2.45) is 0 Å². The molecule has 0 aliphatic heterocycles. The van der Waals surface area contributed by atoms with Crippen LogP contribution in [0.15, 0.2) is 0 Å². The highest BCUT2D eigenvalue weighted by Crippen LogP contribution is 2.46. The van der Waals surface area contributed by atoms with Crippen molar-refractivity contribution in [3.05, 3.63) is 0 Å². The van der Waals surface area contributed by atoms with Gasteiger partial charge in [-0.3, -0.25) is 0 Å². The summed E-state index contributed by atoms with van der Waals surface area (Å²) in [6.07, 6.45) is 6.57. The highest BCUT2D eigenvalue weighted by Gasteiger charge is 2.32. The molecule has 0 N–H and O–H groups in total. The Morgan fingerprint density at radius 3 is 1.90 bits per heavy atom. The third kappa shape index (κ3) is 1.90. The topological polar surface area (TPSA) is 0 Å². The monoisotopic (exact) mass is 196 g/mol. The van der Waals surface area contributed by atoms with Crippen LogP contribution in [-0.4, -0.2) is 15.1 Å². The maximum atomic E-state index is 5.90. The van der Waals surface area contributed by atoms with Crippen molar-refractivity contribution in [1.29, 1.82) is 0 Å². The van der Waals surface area contributed by atoms with Crippen molar-refractivity contribution in [1.82, 2.24) is 0 Å². The van der Waals surface area contributed by atoms with Crippen molar-refractivity contribution in [2.45, 2.75) is 42.0 Å². The minimum atomic E-state index is -0.112. The molecular formula is C7H14Cl2Si. The van der Waals surface area contributed by atoms with Gasteiger partial charge in [-0.1, -0.05) is 19.3 Å². The van der Waals surface area contributed by atoms with Crippen molar-refractivity contribution in [3.8, 4) is 0 Å². The smallest absolute Gasteiger partial charge is 0.105 e. The van der Waals surface area contributed by atoms with Crippen molar-refractivity contribution in [3.63, 3.8) is 0 Å². The molecule has 0 amide bonds. The molecule has 0 heterocycles. The highest BCUT2D eigenvalue weighted by molar-refractivity contribution is 6.48. The van der Waals surface area contributed by atoms with E-state index in [4.69, 9.17) is 23.2 Å². The van der Waals surface area contributed by atoms with Crippen LogP contribution in [0.2, 0.25) is 5.04 Å². The Balaban J connectivity index is 2.48. The van der Waals surface area contributed by atoms with E-state index in [0.29, 0.717) is 5.04 Å². The van der Waals surface area contributed by atoms with Gasteiger partial charge in [0.15, 0.2) is 0 Å². The zero-order chi connectivity index (χ0) is 7.61. The fourth-order valence-corrected chi connectivity index (χ4v) is 2.72. The number of alkyl halides is 2. The van der Waals surface area contributed by atoms with E-state index in [0.717, 1.165) is 10.2 Å². The van der Waals surface area contributed by atoms with Gasteiger partial charge in [-0.05, 0) is 17.9 Å². The standard InChI is InChI=1S/C7H14Cl2Si/c8-6(9)7(10)4-2-1-3-5-7/h6H,1-5H2,10H3. The molecule has 0 aromatic rings. The maximum absolute atomic E-state index is 5.90. The van der Waals surface area contributed by atoms with Gasteiger partial charge in [-0.15, -0.1) is 23.2 Å². The van der Waals surface area contributed by atoms with Gasteiger partial charge < -0.3 is 0 Å². The van der Waals surface area contributed by atoms with Crippen LogP contribution in [0.5, 0.6) is 0 Å². The maximum Gasteiger partial charge on any atom is 0.110 e. The summed E-state index contributed by atoms with van der Waals surface area (Å²) in [5.41, 5.74) is 0. The van der Waals surface area contributed by atoms with Gasteiger partial charge >= 0.3 is 0 Å². The molecule has 0 radical (unpaired) electrons. The molecule has 0 aromatic carbocycles. The third-order valence-corrected chi connectivity index (χ3v) is 5.89. The van der Waals surface area contributed by atoms with E-state index in [1.165, 1.54) is 32.1 Å². The lowest BCUT2D eigenvalue weighted by molar-refractivity contribution is 0.396. The number of hydrogen-bond acceptors (Lipinski definition) is 0. The molecule has 10 heavy (non-hydrogen) atoms. The van der Waals surface area contributed by atoms with E-state index < -0.39 is 0 Å². The molecule has 0 atom stereocenters. The van der Waals surface area contributed by atoms with Gasteiger partial charge in [0.2, 0.25) is 0 Å². The Labute approximate surface area is 75.7 Å². The van der Waals surface area contributed by atoms with E-state index in [-0.39, 0.29) is 4.84 Å². The first kappa shape index (κ1) is 8.89. The molecule has 0 bridgehead atoms. The van der Waals surface area contributed by atoms with Crippen LogP contribution in [0.4, 0.5) is 0 Å². The number of halogens is 2. The molecule has 0 aromatic heterocycles. The Morgan fingerprint density at radius 1 is 1.10 bits per heavy atom. The third-order valence-electron chi connectivity index (χ3n) is 2.52. The van der Waals surface area contributed by atoms with E-state index in [1.807, 2.05) is 0 Å². The van der Waals surface area contributed by atoms with E-state index in [2.05, 4.69) is 0 Å². The quantitative estimate of drug-likeness (QED) is 0.447. The Hall–Kier alpha value is 0.797. The van der Waals surface area contributed by atoms with E-state index in [9.17, 15) is 0 Å². The molecule has 0 unspecified atom stereocenters. The van der Waals surface area contributed by atoms with E-state index >= 15 is 0 Å². The SMILES string of the molecule is [SiH3]C1(C(Cl)Cl)CCCCC1. The van der Waals surface area contributed by atoms with Gasteiger partial charge in [0, 0.05) is 10.2 Å². The summed E-state index contributed by atoms with van der Waals surface area (Å²) in [5.74, 6) is 0. The number of hydrogen-bond donors (Lipinski definition) is 0. The molecule has 0 nitrogen and oxygen atoms in total. The Bertz CT molecular complexity index is 108. The fraction of sp³-hybridized carbons (Fsp3) is 1.00.